The van der Waals surface area contributed by atoms with E-state index in [1.54, 1.807) is 0 Å². The van der Waals surface area contributed by atoms with Gasteiger partial charge in [0.2, 0.25) is 5.91 Å². The summed E-state index contributed by atoms with van der Waals surface area (Å²) in [7, 11) is 0. The van der Waals surface area contributed by atoms with Crippen LogP contribution in [-0.2, 0) is 11.0 Å². The quantitative estimate of drug-likeness (QED) is 0.706. The van der Waals surface area contributed by atoms with Gasteiger partial charge >= 0.3 is 6.18 Å². The van der Waals surface area contributed by atoms with Crippen LogP contribution in [0.2, 0.25) is 0 Å². The molecule has 0 radical (unpaired) electrons. The number of carbonyl (C=O) groups is 1. The molecule has 2 aromatic carbocycles. The molecule has 6 heteroatoms. The Labute approximate surface area is 149 Å². The van der Waals surface area contributed by atoms with Gasteiger partial charge in [0.05, 0.1) is 17.0 Å². The predicted octanol–water partition coefficient (Wildman–Crippen LogP) is 5.67. The number of alkyl halides is 3. The van der Waals surface area contributed by atoms with Crippen LogP contribution in [0.15, 0.2) is 35.2 Å². The van der Waals surface area contributed by atoms with Gasteiger partial charge in [0.1, 0.15) is 0 Å². The summed E-state index contributed by atoms with van der Waals surface area (Å²) in [6, 6.07) is 7.08. The summed E-state index contributed by atoms with van der Waals surface area (Å²) >= 11 is 1.35. The highest BCUT2D eigenvalue weighted by Gasteiger charge is 2.33. The average molecular weight is 367 g/mol. The molecule has 0 fully saturated rings. The fourth-order valence-electron chi connectivity index (χ4n) is 2.56. The molecule has 2 rings (SSSR count). The van der Waals surface area contributed by atoms with Crippen molar-refractivity contribution in [2.75, 3.05) is 11.1 Å². The molecule has 0 heterocycles. The summed E-state index contributed by atoms with van der Waals surface area (Å²) in [5.74, 6) is -0.406. The van der Waals surface area contributed by atoms with Gasteiger partial charge in [-0.2, -0.15) is 13.2 Å². The van der Waals surface area contributed by atoms with Crippen molar-refractivity contribution in [3.05, 3.63) is 58.1 Å². The largest absolute Gasteiger partial charge is 0.418 e. The van der Waals surface area contributed by atoms with Crippen molar-refractivity contribution in [2.24, 2.45) is 0 Å². The van der Waals surface area contributed by atoms with Gasteiger partial charge in [-0.05, 0) is 62.1 Å². The van der Waals surface area contributed by atoms with E-state index in [0.29, 0.717) is 0 Å². The summed E-state index contributed by atoms with van der Waals surface area (Å²) in [5, 5.41) is 2.38. The zero-order valence-corrected chi connectivity index (χ0v) is 15.4. The van der Waals surface area contributed by atoms with Crippen LogP contribution in [0.1, 0.15) is 27.8 Å². The van der Waals surface area contributed by atoms with Crippen LogP contribution >= 0.6 is 11.8 Å². The van der Waals surface area contributed by atoms with Crippen LogP contribution in [0, 0.1) is 27.7 Å². The summed E-state index contributed by atoms with van der Waals surface area (Å²) < 4.78 is 39.0. The number of nitrogens with one attached hydrogen (secondary N) is 1. The van der Waals surface area contributed by atoms with E-state index in [2.05, 4.69) is 11.4 Å². The first-order valence-corrected chi connectivity index (χ1v) is 8.76. The highest BCUT2D eigenvalue weighted by molar-refractivity contribution is 8.00. The van der Waals surface area contributed by atoms with Gasteiger partial charge in [0.25, 0.3) is 0 Å². The molecule has 0 aliphatic carbocycles. The standard InChI is InChI=1S/C19H20F3NOS/c1-11-9-12(2)14(4)18(13(11)3)25-10-17(24)23-16-8-6-5-7-15(16)19(20,21)22/h5-9H,10H2,1-4H3,(H,23,24). The van der Waals surface area contributed by atoms with Crippen LogP contribution in [0.3, 0.4) is 0 Å². The van der Waals surface area contributed by atoms with Gasteiger partial charge in [-0.3, -0.25) is 4.79 Å². The second-order valence-corrected chi connectivity index (χ2v) is 6.96. The summed E-state index contributed by atoms with van der Waals surface area (Å²) in [6.07, 6.45) is -4.50. The van der Waals surface area contributed by atoms with Gasteiger partial charge in [-0.25, -0.2) is 0 Å². The second-order valence-electron chi connectivity index (χ2n) is 5.97. The van der Waals surface area contributed by atoms with E-state index < -0.39 is 17.6 Å². The first-order chi connectivity index (χ1) is 11.6. The minimum atomic E-state index is -4.50. The van der Waals surface area contributed by atoms with Crippen molar-refractivity contribution in [3.8, 4) is 0 Å². The lowest BCUT2D eigenvalue weighted by molar-refractivity contribution is -0.137. The number of hydrogen-bond acceptors (Lipinski definition) is 2. The number of para-hydroxylation sites is 1. The van der Waals surface area contributed by atoms with E-state index in [1.165, 1.54) is 30.0 Å². The zero-order chi connectivity index (χ0) is 18.8. The number of carbonyl (C=O) groups excluding carboxylic acids is 1. The monoisotopic (exact) mass is 367 g/mol. The average Bonchev–Trinajstić information content (AvgIpc) is 2.52. The molecule has 0 aliphatic rings. The summed E-state index contributed by atoms with van der Waals surface area (Å²) in [4.78, 5) is 13.2. The predicted molar refractivity (Wildman–Crippen MR) is 96.2 cm³/mol. The number of rotatable bonds is 4. The number of halogens is 3. The van der Waals surface area contributed by atoms with E-state index in [0.717, 1.165) is 33.2 Å². The van der Waals surface area contributed by atoms with Crippen LogP contribution in [-0.4, -0.2) is 11.7 Å². The van der Waals surface area contributed by atoms with Crippen molar-refractivity contribution in [1.82, 2.24) is 0 Å². The van der Waals surface area contributed by atoms with Gasteiger partial charge in [0.15, 0.2) is 0 Å². The number of amides is 1. The Morgan fingerprint density at radius 1 is 1.04 bits per heavy atom. The molecule has 0 aromatic heterocycles. The molecule has 134 valence electrons. The zero-order valence-electron chi connectivity index (χ0n) is 14.5. The molecule has 2 nitrogen and oxygen atoms in total. The van der Waals surface area contributed by atoms with E-state index in [-0.39, 0.29) is 11.4 Å². The SMILES string of the molecule is Cc1cc(C)c(C)c(SCC(=O)Nc2ccccc2C(F)(F)F)c1C. The molecule has 0 bridgehead atoms. The van der Waals surface area contributed by atoms with E-state index in [4.69, 9.17) is 0 Å². The fraction of sp³-hybridized carbons (Fsp3) is 0.316. The third-order valence-electron chi connectivity index (χ3n) is 4.15. The molecular formula is C19H20F3NOS. The van der Waals surface area contributed by atoms with Gasteiger partial charge in [0, 0.05) is 4.90 Å². The Bertz CT molecular complexity index is 774. The molecule has 0 aliphatic heterocycles. The van der Waals surface area contributed by atoms with Crippen LogP contribution in [0.4, 0.5) is 18.9 Å². The Morgan fingerprint density at radius 3 is 2.16 bits per heavy atom. The van der Waals surface area contributed by atoms with Crippen LogP contribution in [0.25, 0.3) is 0 Å². The number of benzene rings is 2. The smallest absolute Gasteiger partial charge is 0.325 e. The van der Waals surface area contributed by atoms with Crippen molar-refractivity contribution in [3.63, 3.8) is 0 Å². The highest BCUT2D eigenvalue weighted by atomic mass is 32.2. The van der Waals surface area contributed by atoms with Crippen molar-refractivity contribution >= 4 is 23.4 Å². The molecule has 0 atom stereocenters. The maximum atomic E-state index is 13.0. The molecule has 0 unspecified atom stereocenters. The molecular weight excluding hydrogens is 347 g/mol. The third-order valence-corrected chi connectivity index (χ3v) is 5.46. The molecule has 0 saturated heterocycles. The summed E-state index contributed by atoms with van der Waals surface area (Å²) in [5.41, 5.74) is 3.40. The van der Waals surface area contributed by atoms with Gasteiger partial charge < -0.3 is 5.32 Å². The van der Waals surface area contributed by atoms with Crippen molar-refractivity contribution < 1.29 is 18.0 Å². The Hall–Kier alpha value is -1.95. The number of hydrogen-bond donors (Lipinski definition) is 1. The molecule has 1 N–H and O–H groups in total. The lowest BCUT2D eigenvalue weighted by Crippen LogP contribution is -2.18. The molecule has 1 amide bonds. The minimum Gasteiger partial charge on any atom is -0.325 e. The van der Waals surface area contributed by atoms with E-state index in [9.17, 15) is 18.0 Å². The second kappa shape index (κ2) is 7.52. The Morgan fingerprint density at radius 2 is 1.60 bits per heavy atom. The molecule has 25 heavy (non-hydrogen) atoms. The first kappa shape index (κ1) is 19.4. The van der Waals surface area contributed by atoms with E-state index >= 15 is 0 Å². The fourth-order valence-corrected chi connectivity index (χ4v) is 3.66. The van der Waals surface area contributed by atoms with Crippen LogP contribution < -0.4 is 5.32 Å². The number of thioether (sulfide) groups is 1. The van der Waals surface area contributed by atoms with Crippen molar-refractivity contribution in [2.45, 2.75) is 38.8 Å². The lowest BCUT2D eigenvalue weighted by atomic mass is 10.0. The maximum absolute atomic E-state index is 13.0. The van der Waals surface area contributed by atoms with Gasteiger partial charge in [-0.1, -0.05) is 18.2 Å². The first-order valence-electron chi connectivity index (χ1n) is 7.77. The molecule has 2 aromatic rings. The summed E-state index contributed by atoms with van der Waals surface area (Å²) in [6.45, 7) is 7.99. The molecule has 0 spiro atoms. The normalized spacial score (nSPS) is 11.5. The topological polar surface area (TPSA) is 29.1 Å². The van der Waals surface area contributed by atoms with Crippen LogP contribution in [0.5, 0.6) is 0 Å². The Kier molecular flexibility index (Phi) is 5.83. The highest BCUT2D eigenvalue weighted by Crippen LogP contribution is 2.35. The van der Waals surface area contributed by atoms with Gasteiger partial charge in [-0.15, -0.1) is 11.8 Å². The number of anilines is 1. The minimum absolute atomic E-state index is 0.0523. The van der Waals surface area contributed by atoms with Crippen molar-refractivity contribution in [1.29, 1.82) is 0 Å². The maximum Gasteiger partial charge on any atom is 0.418 e. The Balaban J connectivity index is 2.14. The molecule has 0 saturated carbocycles. The van der Waals surface area contributed by atoms with E-state index in [1.807, 2.05) is 27.7 Å². The third kappa shape index (κ3) is 4.57. The number of aryl methyl sites for hydroxylation is 2. The lowest BCUT2D eigenvalue weighted by Gasteiger charge is -2.16.